The van der Waals surface area contributed by atoms with Crippen molar-refractivity contribution in [1.82, 2.24) is 10.1 Å². The first-order chi connectivity index (χ1) is 16.8. The molecule has 3 aromatic rings. The number of aromatic nitrogens is 1. The van der Waals surface area contributed by atoms with Crippen molar-refractivity contribution in [3.8, 4) is 5.75 Å². The molecule has 35 heavy (non-hydrogen) atoms. The lowest BCUT2D eigenvalue weighted by molar-refractivity contribution is -0.119. The number of nitrogens with one attached hydrogen (secondary N) is 1. The van der Waals surface area contributed by atoms with Crippen molar-refractivity contribution >= 4 is 23.5 Å². The van der Waals surface area contributed by atoms with E-state index in [1.54, 1.807) is 60.4 Å². The summed E-state index contributed by atoms with van der Waals surface area (Å²) in [7, 11) is 0. The van der Waals surface area contributed by atoms with E-state index in [1.165, 1.54) is 0 Å². The van der Waals surface area contributed by atoms with E-state index in [2.05, 4.69) is 10.5 Å². The van der Waals surface area contributed by atoms with E-state index in [1.807, 2.05) is 20.8 Å². The zero-order valence-electron chi connectivity index (χ0n) is 20.3. The van der Waals surface area contributed by atoms with Gasteiger partial charge in [0, 0.05) is 24.3 Å². The van der Waals surface area contributed by atoms with Gasteiger partial charge in [-0.15, -0.1) is 0 Å². The average Bonchev–Trinajstić information content (AvgIpc) is 3.19. The molecule has 184 valence electrons. The number of hydrogen-bond acceptors (Lipinski definition) is 7. The normalized spacial score (nSPS) is 10.5. The molecule has 0 aliphatic heterocycles. The van der Waals surface area contributed by atoms with Crippen molar-refractivity contribution in [2.24, 2.45) is 0 Å². The van der Waals surface area contributed by atoms with Crippen LogP contribution in [0.3, 0.4) is 0 Å². The maximum atomic E-state index is 12.5. The lowest BCUT2D eigenvalue weighted by Gasteiger charge is -2.19. The molecule has 0 atom stereocenters. The van der Waals surface area contributed by atoms with Gasteiger partial charge in [-0.2, -0.15) is 0 Å². The number of amides is 2. The minimum atomic E-state index is -0.659. The Balaban J connectivity index is 1.54. The molecule has 0 saturated heterocycles. The van der Waals surface area contributed by atoms with Gasteiger partial charge in [-0.3, -0.25) is 9.59 Å². The third-order valence-electron chi connectivity index (χ3n) is 5.41. The van der Waals surface area contributed by atoms with Gasteiger partial charge in [-0.25, -0.2) is 4.79 Å². The molecule has 2 amide bonds. The van der Waals surface area contributed by atoms with Gasteiger partial charge in [0.1, 0.15) is 18.1 Å². The fourth-order valence-corrected chi connectivity index (χ4v) is 3.41. The van der Waals surface area contributed by atoms with E-state index in [4.69, 9.17) is 14.0 Å². The molecule has 3 rings (SSSR count). The second kappa shape index (κ2) is 11.8. The summed E-state index contributed by atoms with van der Waals surface area (Å²) in [6.07, 6.45) is 0. The van der Waals surface area contributed by atoms with Crippen LogP contribution in [-0.2, 0) is 16.1 Å². The Morgan fingerprint density at radius 3 is 2.40 bits per heavy atom. The highest BCUT2D eigenvalue weighted by atomic mass is 16.5. The summed E-state index contributed by atoms with van der Waals surface area (Å²) in [6, 6.07) is 13.1. The van der Waals surface area contributed by atoms with E-state index < -0.39 is 18.5 Å². The third kappa shape index (κ3) is 6.69. The zero-order valence-corrected chi connectivity index (χ0v) is 20.3. The number of benzene rings is 2. The maximum absolute atomic E-state index is 12.5. The maximum Gasteiger partial charge on any atom is 0.338 e. The molecular formula is C26H29N3O6. The largest absolute Gasteiger partial charge is 0.489 e. The predicted octanol–water partition coefficient (Wildman–Crippen LogP) is 4.15. The Bertz CT molecular complexity index is 1180. The molecule has 1 N–H and O–H groups in total. The number of aryl methyl sites for hydroxylation is 2. The van der Waals surface area contributed by atoms with E-state index in [9.17, 15) is 14.4 Å². The van der Waals surface area contributed by atoms with Crippen LogP contribution in [0.2, 0.25) is 0 Å². The van der Waals surface area contributed by atoms with Crippen molar-refractivity contribution < 1.29 is 28.4 Å². The average molecular weight is 480 g/mol. The Morgan fingerprint density at radius 2 is 1.71 bits per heavy atom. The van der Waals surface area contributed by atoms with Crippen molar-refractivity contribution in [3.63, 3.8) is 0 Å². The van der Waals surface area contributed by atoms with Crippen molar-refractivity contribution in [2.75, 3.05) is 25.0 Å². The summed E-state index contributed by atoms with van der Waals surface area (Å²) >= 11 is 0. The van der Waals surface area contributed by atoms with Crippen molar-refractivity contribution in [1.29, 1.82) is 0 Å². The van der Waals surface area contributed by atoms with Gasteiger partial charge in [-0.05, 0) is 64.1 Å². The number of anilines is 1. The fraction of sp³-hybridized carbons (Fsp3) is 0.308. The first-order valence-electron chi connectivity index (χ1n) is 11.3. The fourth-order valence-electron chi connectivity index (χ4n) is 3.41. The highest BCUT2D eigenvalue weighted by Gasteiger charge is 2.15. The minimum Gasteiger partial charge on any atom is -0.489 e. The van der Waals surface area contributed by atoms with E-state index >= 15 is 0 Å². The van der Waals surface area contributed by atoms with Gasteiger partial charge < -0.3 is 24.2 Å². The molecule has 2 aromatic carbocycles. The van der Waals surface area contributed by atoms with E-state index in [0.717, 1.165) is 11.3 Å². The number of carbonyl (C=O) groups is 3. The van der Waals surface area contributed by atoms with Crippen molar-refractivity contribution in [3.05, 3.63) is 76.7 Å². The Morgan fingerprint density at radius 1 is 1.00 bits per heavy atom. The van der Waals surface area contributed by atoms with Crippen LogP contribution in [-0.4, -0.2) is 47.5 Å². The number of esters is 1. The van der Waals surface area contributed by atoms with Crippen LogP contribution in [0.4, 0.5) is 5.69 Å². The molecule has 0 bridgehead atoms. The molecule has 0 saturated carbocycles. The molecule has 0 aliphatic rings. The van der Waals surface area contributed by atoms with Crippen LogP contribution in [0.5, 0.6) is 5.75 Å². The van der Waals surface area contributed by atoms with Crippen LogP contribution in [0.1, 0.15) is 51.6 Å². The van der Waals surface area contributed by atoms with Crippen LogP contribution in [0, 0.1) is 13.8 Å². The predicted molar refractivity (Wildman–Crippen MR) is 129 cm³/mol. The molecule has 0 spiro atoms. The van der Waals surface area contributed by atoms with Gasteiger partial charge >= 0.3 is 5.97 Å². The number of hydrogen-bond donors (Lipinski definition) is 1. The van der Waals surface area contributed by atoms with Crippen LogP contribution < -0.4 is 10.1 Å². The van der Waals surface area contributed by atoms with Crippen LogP contribution in [0.15, 0.2) is 53.1 Å². The third-order valence-corrected chi connectivity index (χ3v) is 5.41. The summed E-state index contributed by atoms with van der Waals surface area (Å²) in [5, 5.41) is 6.54. The summed E-state index contributed by atoms with van der Waals surface area (Å²) in [5.41, 5.74) is 2.75. The SMILES string of the molecule is CCN(CC)C(=O)c1cccc(NC(=O)COC(=O)c2cccc(OCc3c(C)noc3C)c2)c1. The lowest BCUT2D eigenvalue weighted by atomic mass is 10.1. The van der Waals surface area contributed by atoms with Crippen LogP contribution in [0.25, 0.3) is 0 Å². The molecule has 1 heterocycles. The van der Waals surface area contributed by atoms with Gasteiger partial charge in [0.2, 0.25) is 0 Å². The lowest BCUT2D eigenvalue weighted by Crippen LogP contribution is -2.30. The van der Waals surface area contributed by atoms with Gasteiger partial charge in [-0.1, -0.05) is 17.3 Å². The Labute approximate surface area is 204 Å². The second-order valence-corrected chi connectivity index (χ2v) is 7.80. The van der Waals surface area contributed by atoms with E-state index in [0.29, 0.717) is 35.9 Å². The van der Waals surface area contributed by atoms with Crippen molar-refractivity contribution in [2.45, 2.75) is 34.3 Å². The van der Waals surface area contributed by atoms with Gasteiger partial charge in [0.05, 0.1) is 16.8 Å². The molecule has 9 nitrogen and oxygen atoms in total. The highest BCUT2D eigenvalue weighted by molar-refractivity contribution is 5.98. The molecule has 0 radical (unpaired) electrons. The first kappa shape index (κ1) is 25.5. The van der Waals surface area contributed by atoms with Crippen LogP contribution >= 0.6 is 0 Å². The Hall–Kier alpha value is -4.14. The molecule has 0 unspecified atom stereocenters. The number of carbonyl (C=O) groups excluding carboxylic acids is 3. The monoisotopic (exact) mass is 479 g/mol. The topological polar surface area (TPSA) is 111 Å². The molecular weight excluding hydrogens is 450 g/mol. The number of ether oxygens (including phenoxy) is 2. The summed E-state index contributed by atoms with van der Waals surface area (Å²) in [5.74, 6) is -0.149. The molecule has 9 heteroatoms. The molecule has 1 aromatic heterocycles. The summed E-state index contributed by atoms with van der Waals surface area (Å²) < 4.78 is 16.0. The second-order valence-electron chi connectivity index (χ2n) is 7.80. The minimum absolute atomic E-state index is 0.117. The summed E-state index contributed by atoms with van der Waals surface area (Å²) in [6.45, 7) is 8.39. The molecule has 0 fully saturated rings. The quantitative estimate of drug-likeness (QED) is 0.435. The van der Waals surface area contributed by atoms with Gasteiger partial charge in [0.25, 0.3) is 11.8 Å². The van der Waals surface area contributed by atoms with E-state index in [-0.39, 0.29) is 18.1 Å². The van der Waals surface area contributed by atoms with Gasteiger partial charge in [0.15, 0.2) is 6.61 Å². The zero-order chi connectivity index (χ0) is 25.4. The number of nitrogens with zero attached hydrogens (tertiary/aromatic N) is 2. The molecule has 0 aliphatic carbocycles. The first-order valence-corrected chi connectivity index (χ1v) is 11.3. The smallest absolute Gasteiger partial charge is 0.338 e. The Kier molecular flexibility index (Phi) is 8.61. The highest BCUT2D eigenvalue weighted by Crippen LogP contribution is 2.19. The standard InChI is InChI=1S/C26H29N3O6/c1-5-29(6-2)25(31)19-9-7-11-21(13-19)27-24(30)16-34-26(32)20-10-8-12-22(14-20)33-15-23-17(3)28-35-18(23)4/h7-14H,5-6,15-16H2,1-4H3,(H,27,30). The summed E-state index contributed by atoms with van der Waals surface area (Å²) in [4.78, 5) is 39.0. The number of rotatable bonds is 10.